The lowest BCUT2D eigenvalue weighted by Gasteiger charge is -2.11. The van der Waals surface area contributed by atoms with Crippen molar-refractivity contribution in [1.29, 1.82) is 0 Å². The maximum atomic E-state index is 6.13. The van der Waals surface area contributed by atoms with Gasteiger partial charge in [0.15, 0.2) is 0 Å². The normalized spacial score (nSPS) is 10.2. The third-order valence-corrected chi connectivity index (χ3v) is 3.04. The zero-order valence-electron chi connectivity index (χ0n) is 8.71. The minimum absolute atomic E-state index is 0.607. The molecule has 16 heavy (non-hydrogen) atoms. The molecule has 0 amide bonds. The van der Waals surface area contributed by atoms with Crippen LogP contribution in [0.3, 0.4) is 0 Å². The highest BCUT2D eigenvalue weighted by Crippen LogP contribution is 2.38. The topological polar surface area (TPSA) is 9.23 Å². The SMILES string of the molecule is COc1c(Cl)cc(Br)cc1-c1ccccc1. The molecule has 1 nitrogen and oxygen atoms in total. The molecule has 3 heteroatoms. The van der Waals surface area contributed by atoms with Gasteiger partial charge in [-0.3, -0.25) is 0 Å². The number of methoxy groups -OCH3 is 1. The van der Waals surface area contributed by atoms with Crippen LogP contribution in [0, 0.1) is 0 Å². The van der Waals surface area contributed by atoms with E-state index in [9.17, 15) is 0 Å². The summed E-state index contributed by atoms with van der Waals surface area (Å²) in [6.45, 7) is 0. The highest BCUT2D eigenvalue weighted by atomic mass is 79.9. The first-order chi connectivity index (χ1) is 7.72. The van der Waals surface area contributed by atoms with Gasteiger partial charge in [0.25, 0.3) is 0 Å². The van der Waals surface area contributed by atoms with Gasteiger partial charge in [0.2, 0.25) is 0 Å². The Kier molecular flexibility index (Phi) is 3.52. The summed E-state index contributed by atoms with van der Waals surface area (Å²) in [6.07, 6.45) is 0. The van der Waals surface area contributed by atoms with Gasteiger partial charge in [-0.25, -0.2) is 0 Å². The lowest BCUT2D eigenvalue weighted by atomic mass is 10.0. The second-order valence-electron chi connectivity index (χ2n) is 3.33. The van der Waals surface area contributed by atoms with Gasteiger partial charge in [0.05, 0.1) is 12.1 Å². The molecule has 0 aliphatic rings. The Morgan fingerprint density at radius 2 is 1.81 bits per heavy atom. The van der Waals surface area contributed by atoms with Crippen LogP contribution >= 0.6 is 27.5 Å². The first-order valence-electron chi connectivity index (χ1n) is 4.81. The van der Waals surface area contributed by atoms with Crippen LogP contribution in [0.1, 0.15) is 0 Å². The van der Waals surface area contributed by atoms with Gasteiger partial charge in [-0.15, -0.1) is 0 Å². The third kappa shape index (κ3) is 2.23. The fraction of sp³-hybridized carbons (Fsp3) is 0.0769. The molecular formula is C13H10BrClO. The summed E-state index contributed by atoms with van der Waals surface area (Å²) in [7, 11) is 1.63. The minimum Gasteiger partial charge on any atom is -0.495 e. The fourth-order valence-electron chi connectivity index (χ4n) is 1.60. The minimum atomic E-state index is 0.607. The lowest BCUT2D eigenvalue weighted by molar-refractivity contribution is 0.416. The second kappa shape index (κ2) is 4.89. The Morgan fingerprint density at radius 1 is 1.12 bits per heavy atom. The Balaban J connectivity index is 2.64. The van der Waals surface area contributed by atoms with Gasteiger partial charge in [-0.1, -0.05) is 57.9 Å². The zero-order valence-corrected chi connectivity index (χ0v) is 11.0. The van der Waals surface area contributed by atoms with Crippen molar-refractivity contribution < 1.29 is 4.74 Å². The highest BCUT2D eigenvalue weighted by molar-refractivity contribution is 9.10. The van der Waals surface area contributed by atoms with Crippen molar-refractivity contribution in [2.24, 2.45) is 0 Å². The van der Waals surface area contributed by atoms with E-state index in [1.54, 1.807) is 7.11 Å². The van der Waals surface area contributed by atoms with Crippen molar-refractivity contribution in [3.63, 3.8) is 0 Å². The van der Waals surface area contributed by atoms with Gasteiger partial charge in [-0.05, 0) is 17.7 Å². The van der Waals surface area contributed by atoms with Crippen LogP contribution in [0.2, 0.25) is 5.02 Å². The predicted octanol–water partition coefficient (Wildman–Crippen LogP) is 4.78. The molecule has 82 valence electrons. The standard InChI is InChI=1S/C13H10BrClO/c1-16-13-11(7-10(14)8-12(13)15)9-5-3-2-4-6-9/h2-8H,1H3. The van der Waals surface area contributed by atoms with E-state index in [0.717, 1.165) is 15.6 Å². The monoisotopic (exact) mass is 296 g/mol. The van der Waals surface area contributed by atoms with Crippen molar-refractivity contribution in [3.05, 3.63) is 52.0 Å². The van der Waals surface area contributed by atoms with Crippen LogP contribution in [0.25, 0.3) is 11.1 Å². The number of ether oxygens (including phenoxy) is 1. The summed E-state index contributed by atoms with van der Waals surface area (Å²) < 4.78 is 6.27. The molecule has 2 aromatic rings. The van der Waals surface area contributed by atoms with Crippen molar-refractivity contribution in [2.45, 2.75) is 0 Å². The maximum Gasteiger partial charge on any atom is 0.145 e. The number of benzene rings is 2. The van der Waals surface area contributed by atoms with E-state index in [0.29, 0.717) is 10.8 Å². The van der Waals surface area contributed by atoms with Gasteiger partial charge in [0, 0.05) is 10.0 Å². The average Bonchev–Trinajstić information content (AvgIpc) is 2.29. The van der Waals surface area contributed by atoms with Crippen molar-refractivity contribution >= 4 is 27.5 Å². The van der Waals surface area contributed by atoms with Gasteiger partial charge in [-0.2, -0.15) is 0 Å². The predicted molar refractivity (Wildman–Crippen MR) is 71.1 cm³/mol. The number of rotatable bonds is 2. The third-order valence-electron chi connectivity index (χ3n) is 2.30. The van der Waals surface area contributed by atoms with Crippen LogP contribution in [0.4, 0.5) is 0 Å². The Morgan fingerprint density at radius 3 is 2.44 bits per heavy atom. The summed E-state index contributed by atoms with van der Waals surface area (Å²) in [5.41, 5.74) is 2.07. The molecule has 2 aromatic carbocycles. The largest absolute Gasteiger partial charge is 0.495 e. The molecule has 0 aliphatic carbocycles. The molecule has 0 saturated heterocycles. The van der Waals surface area contributed by atoms with Crippen LogP contribution in [0.15, 0.2) is 46.9 Å². The van der Waals surface area contributed by atoms with E-state index >= 15 is 0 Å². The number of hydrogen-bond acceptors (Lipinski definition) is 1. The molecule has 0 fully saturated rings. The quantitative estimate of drug-likeness (QED) is 0.775. The van der Waals surface area contributed by atoms with E-state index < -0.39 is 0 Å². The molecule has 2 rings (SSSR count). The Labute approximate surface area is 108 Å². The molecular weight excluding hydrogens is 287 g/mol. The molecule has 0 saturated carbocycles. The van der Waals surface area contributed by atoms with E-state index in [2.05, 4.69) is 15.9 Å². The van der Waals surface area contributed by atoms with E-state index in [1.165, 1.54) is 0 Å². The highest BCUT2D eigenvalue weighted by Gasteiger charge is 2.10. The summed E-state index contributed by atoms with van der Waals surface area (Å²) in [5.74, 6) is 0.705. The number of halogens is 2. The molecule has 0 spiro atoms. The summed E-state index contributed by atoms with van der Waals surface area (Å²) in [4.78, 5) is 0. The van der Waals surface area contributed by atoms with Crippen molar-refractivity contribution in [2.75, 3.05) is 7.11 Å². The van der Waals surface area contributed by atoms with Crippen molar-refractivity contribution in [3.8, 4) is 16.9 Å². The maximum absolute atomic E-state index is 6.13. The van der Waals surface area contributed by atoms with Gasteiger partial charge >= 0.3 is 0 Å². The fourth-order valence-corrected chi connectivity index (χ4v) is 2.49. The van der Waals surface area contributed by atoms with Gasteiger partial charge in [0.1, 0.15) is 5.75 Å². The first-order valence-corrected chi connectivity index (χ1v) is 5.98. The Bertz CT molecular complexity index is 497. The summed E-state index contributed by atoms with van der Waals surface area (Å²) in [6, 6.07) is 13.8. The smallest absolute Gasteiger partial charge is 0.145 e. The molecule has 0 heterocycles. The van der Waals surface area contributed by atoms with E-state index in [1.807, 2.05) is 42.5 Å². The van der Waals surface area contributed by atoms with Crippen LogP contribution in [-0.2, 0) is 0 Å². The lowest BCUT2D eigenvalue weighted by Crippen LogP contribution is -1.89. The summed E-state index contributed by atoms with van der Waals surface area (Å²) >= 11 is 9.56. The van der Waals surface area contributed by atoms with Gasteiger partial charge < -0.3 is 4.74 Å². The van der Waals surface area contributed by atoms with Crippen LogP contribution < -0.4 is 4.74 Å². The molecule has 0 aliphatic heterocycles. The molecule has 0 aromatic heterocycles. The zero-order chi connectivity index (χ0) is 11.5. The Hall–Kier alpha value is -0.990. The first kappa shape index (κ1) is 11.5. The number of hydrogen-bond donors (Lipinski definition) is 0. The van der Waals surface area contributed by atoms with E-state index in [4.69, 9.17) is 16.3 Å². The molecule has 0 N–H and O–H groups in total. The summed E-state index contributed by atoms with van der Waals surface area (Å²) in [5, 5.41) is 0.607. The molecule has 0 radical (unpaired) electrons. The molecule has 0 bridgehead atoms. The average molecular weight is 298 g/mol. The molecule has 0 unspecified atom stereocenters. The van der Waals surface area contributed by atoms with Crippen molar-refractivity contribution in [1.82, 2.24) is 0 Å². The van der Waals surface area contributed by atoms with E-state index in [-0.39, 0.29) is 0 Å². The second-order valence-corrected chi connectivity index (χ2v) is 4.66. The van der Waals surface area contributed by atoms with Crippen LogP contribution in [-0.4, -0.2) is 7.11 Å². The van der Waals surface area contributed by atoms with Crippen LogP contribution in [0.5, 0.6) is 5.75 Å². The molecule has 0 atom stereocenters.